The number of hydrogen-bond donors (Lipinski definition) is 1. The third-order valence-corrected chi connectivity index (χ3v) is 8.65. The Labute approximate surface area is 200 Å². The van der Waals surface area contributed by atoms with Crippen LogP contribution in [0.2, 0.25) is 0 Å². The third kappa shape index (κ3) is 4.80. The van der Waals surface area contributed by atoms with Gasteiger partial charge in [-0.1, -0.05) is 26.2 Å². The van der Waals surface area contributed by atoms with Crippen LogP contribution in [0.15, 0.2) is 42.5 Å². The van der Waals surface area contributed by atoms with Crippen LogP contribution in [0.5, 0.6) is 11.5 Å². The molecule has 1 N–H and O–H groups in total. The van der Waals surface area contributed by atoms with Gasteiger partial charge in [0.1, 0.15) is 18.1 Å². The molecule has 174 valence electrons. The quantitative estimate of drug-likeness (QED) is 0.401. The van der Waals surface area contributed by atoms with Crippen LogP contribution < -0.4 is 4.74 Å². The molecule has 0 bridgehead atoms. The van der Waals surface area contributed by atoms with Crippen LogP contribution in [0.3, 0.4) is 0 Å². The Morgan fingerprint density at radius 3 is 2.58 bits per heavy atom. The minimum atomic E-state index is 0.0725. The summed E-state index contributed by atoms with van der Waals surface area (Å²) in [5, 5.41) is 11.0. The Kier molecular flexibility index (Phi) is 6.70. The SMILES string of the molecule is CC1CCCCC1c1sc2cc(O)ccc2c1C(=O)c1ccc(OCCN2CCCC2)cc1. The highest BCUT2D eigenvalue weighted by Crippen LogP contribution is 2.46. The number of phenolic OH excluding ortho intramolecular Hbond substituents is 1. The van der Waals surface area contributed by atoms with E-state index in [1.165, 1.54) is 50.1 Å². The van der Waals surface area contributed by atoms with Gasteiger partial charge in [0.05, 0.1) is 0 Å². The van der Waals surface area contributed by atoms with Crippen LogP contribution >= 0.6 is 11.3 Å². The molecular weight excluding hydrogens is 430 g/mol. The first kappa shape index (κ1) is 22.4. The molecular formula is C28H33NO3S. The number of fused-ring (bicyclic) bond motifs is 1. The second-order valence-electron chi connectivity index (χ2n) is 9.64. The van der Waals surface area contributed by atoms with E-state index in [1.54, 1.807) is 23.5 Å². The minimum Gasteiger partial charge on any atom is -0.508 e. The van der Waals surface area contributed by atoms with Crippen molar-refractivity contribution in [2.75, 3.05) is 26.2 Å². The van der Waals surface area contributed by atoms with Gasteiger partial charge in [-0.25, -0.2) is 0 Å². The number of likely N-dealkylation sites (tertiary alicyclic amines) is 1. The third-order valence-electron chi connectivity index (χ3n) is 7.37. The lowest BCUT2D eigenvalue weighted by Crippen LogP contribution is -2.25. The predicted molar refractivity (Wildman–Crippen MR) is 135 cm³/mol. The van der Waals surface area contributed by atoms with Crippen molar-refractivity contribution in [2.45, 2.75) is 51.4 Å². The summed E-state index contributed by atoms with van der Waals surface area (Å²) in [7, 11) is 0. The second kappa shape index (κ2) is 9.86. The molecule has 1 aliphatic carbocycles. The van der Waals surface area contributed by atoms with Crippen molar-refractivity contribution in [3.8, 4) is 11.5 Å². The lowest BCUT2D eigenvalue weighted by molar-refractivity contribution is 0.103. The van der Waals surface area contributed by atoms with Gasteiger partial charge in [0.2, 0.25) is 0 Å². The van der Waals surface area contributed by atoms with Crippen molar-refractivity contribution in [2.24, 2.45) is 5.92 Å². The maximum absolute atomic E-state index is 13.8. The number of aromatic hydroxyl groups is 1. The molecule has 0 radical (unpaired) electrons. The zero-order valence-electron chi connectivity index (χ0n) is 19.4. The van der Waals surface area contributed by atoms with Crippen LogP contribution in [0, 0.1) is 5.92 Å². The molecule has 0 amide bonds. The van der Waals surface area contributed by atoms with E-state index in [4.69, 9.17) is 4.74 Å². The van der Waals surface area contributed by atoms with Gasteiger partial charge in [-0.2, -0.15) is 0 Å². The molecule has 2 aliphatic rings. The normalized spacial score (nSPS) is 21.5. The number of rotatable bonds is 7. The van der Waals surface area contributed by atoms with Crippen LogP contribution in [-0.4, -0.2) is 42.0 Å². The largest absolute Gasteiger partial charge is 0.508 e. The van der Waals surface area contributed by atoms with Crippen molar-refractivity contribution in [1.82, 2.24) is 4.90 Å². The summed E-state index contributed by atoms with van der Waals surface area (Å²) in [6.45, 7) is 6.29. The topological polar surface area (TPSA) is 49.8 Å². The predicted octanol–water partition coefficient (Wildman–Crippen LogP) is 6.61. The number of ether oxygens (including phenoxy) is 1. The van der Waals surface area contributed by atoms with Crippen molar-refractivity contribution in [3.05, 3.63) is 58.5 Å². The van der Waals surface area contributed by atoms with Crippen LogP contribution in [0.25, 0.3) is 10.1 Å². The summed E-state index contributed by atoms with van der Waals surface area (Å²) in [6.07, 6.45) is 7.40. The molecule has 2 fully saturated rings. The zero-order chi connectivity index (χ0) is 22.8. The van der Waals surface area contributed by atoms with Gasteiger partial charge in [-0.3, -0.25) is 9.69 Å². The standard InChI is InChI=1S/C28H33NO3S/c1-19-6-2-3-7-23(19)28-26(24-13-10-21(30)18-25(24)33-28)27(31)20-8-11-22(12-9-20)32-17-16-29-14-4-5-15-29/h8-13,18-19,23,30H,2-7,14-17H2,1H3. The fourth-order valence-electron chi connectivity index (χ4n) is 5.45. The Morgan fingerprint density at radius 1 is 1.06 bits per heavy atom. The molecule has 33 heavy (non-hydrogen) atoms. The number of thiophene rings is 1. The number of benzene rings is 2. The molecule has 2 aromatic carbocycles. The van der Waals surface area contributed by atoms with E-state index < -0.39 is 0 Å². The molecule has 3 aromatic rings. The Balaban J connectivity index is 1.39. The number of carbonyl (C=O) groups is 1. The van der Waals surface area contributed by atoms with Gasteiger partial charge < -0.3 is 9.84 Å². The monoisotopic (exact) mass is 463 g/mol. The second-order valence-corrected chi connectivity index (χ2v) is 10.7. The summed E-state index contributed by atoms with van der Waals surface area (Å²) in [5.41, 5.74) is 1.52. The number of carbonyl (C=O) groups excluding carboxylic acids is 1. The van der Waals surface area contributed by atoms with E-state index in [-0.39, 0.29) is 11.5 Å². The smallest absolute Gasteiger partial charge is 0.194 e. The van der Waals surface area contributed by atoms with Crippen molar-refractivity contribution in [1.29, 1.82) is 0 Å². The van der Waals surface area contributed by atoms with Crippen LogP contribution in [-0.2, 0) is 0 Å². The highest BCUT2D eigenvalue weighted by Gasteiger charge is 2.30. The first-order valence-corrected chi connectivity index (χ1v) is 13.2. The maximum atomic E-state index is 13.8. The van der Waals surface area contributed by atoms with Gasteiger partial charge in [-0.05, 0) is 86.7 Å². The molecule has 2 heterocycles. The molecule has 1 saturated carbocycles. The van der Waals surface area contributed by atoms with E-state index in [0.29, 0.717) is 24.0 Å². The Morgan fingerprint density at radius 2 is 1.82 bits per heavy atom. The first-order valence-electron chi connectivity index (χ1n) is 12.4. The fraction of sp³-hybridized carbons (Fsp3) is 0.464. The summed E-state index contributed by atoms with van der Waals surface area (Å²) < 4.78 is 6.92. The van der Waals surface area contributed by atoms with Gasteiger partial charge in [0, 0.05) is 32.6 Å². The van der Waals surface area contributed by atoms with Gasteiger partial charge in [0.15, 0.2) is 5.78 Å². The number of nitrogens with zero attached hydrogens (tertiary/aromatic N) is 1. The lowest BCUT2D eigenvalue weighted by atomic mass is 9.78. The molecule has 1 aliphatic heterocycles. The number of ketones is 1. The van der Waals surface area contributed by atoms with Crippen LogP contribution in [0.1, 0.15) is 72.2 Å². The molecule has 1 aromatic heterocycles. The molecule has 0 spiro atoms. The van der Waals surface area contributed by atoms with Crippen molar-refractivity contribution < 1.29 is 14.6 Å². The fourth-order valence-corrected chi connectivity index (χ4v) is 6.95. The van der Waals surface area contributed by atoms with Gasteiger partial charge in [0.25, 0.3) is 0 Å². The van der Waals surface area contributed by atoms with Gasteiger partial charge >= 0.3 is 0 Å². The number of phenols is 1. The summed E-state index contributed by atoms with van der Waals surface area (Å²) in [4.78, 5) is 17.4. The van der Waals surface area contributed by atoms with E-state index in [2.05, 4.69) is 11.8 Å². The maximum Gasteiger partial charge on any atom is 0.194 e. The molecule has 5 rings (SSSR count). The van der Waals surface area contributed by atoms with E-state index in [9.17, 15) is 9.90 Å². The lowest BCUT2D eigenvalue weighted by Gasteiger charge is -2.28. The van der Waals surface area contributed by atoms with Crippen LogP contribution in [0.4, 0.5) is 0 Å². The Hall–Kier alpha value is -2.37. The minimum absolute atomic E-state index is 0.0725. The number of hydrogen-bond acceptors (Lipinski definition) is 5. The van der Waals surface area contributed by atoms with Gasteiger partial charge in [-0.15, -0.1) is 11.3 Å². The van der Waals surface area contributed by atoms with E-state index >= 15 is 0 Å². The van der Waals surface area contributed by atoms with E-state index in [0.717, 1.165) is 34.4 Å². The molecule has 2 atom stereocenters. The molecule has 5 heteroatoms. The average Bonchev–Trinajstić information content (AvgIpc) is 3.47. The van der Waals surface area contributed by atoms with E-state index in [1.807, 2.05) is 30.3 Å². The van der Waals surface area contributed by atoms with Crippen molar-refractivity contribution in [3.63, 3.8) is 0 Å². The van der Waals surface area contributed by atoms with Crippen molar-refractivity contribution >= 4 is 27.2 Å². The molecule has 1 saturated heterocycles. The molecule has 2 unspecified atom stereocenters. The summed E-state index contributed by atoms with van der Waals surface area (Å²) in [6, 6.07) is 13.0. The zero-order valence-corrected chi connectivity index (χ0v) is 20.2. The Bertz CT molecular complexity index is 1110. The first-order chi connectivity index (χ1) is 16.1. The highest BCUT2D eigenvalue weighted by molar-refractivity contribution is 7.19. The average molecular weight is 464 g/mol. The summed E-state index contributed by atoms with van der Waals surface area (Å²) in [5.74, 6) is 2.11. The summed E-state index contributed by atoms with van der Waals surface area (Å²) >= 11 is 1.69. The highest BCUT2D eigenvalue weighted by atomic mass is 32.1. The molecule has 4 nitrogen and oxygen atoms in total.